The Balaban J connectivity index is 2.20. The van der Waals surface area contributed by atoms with Gasteiger partial charge in [-0.3, -0.25) is 4.79 Å². The van der Waals surface area contributed by atoms with Crippen molar-refractivity contribution in [3.63, 3.8) is 0 Å². The maximum Gasteiger partial charge on any atom is 0.256 e. The standard InChI is InChI=1S/C16H18N2O3/c1-18(10-11-5-3-6-12(19)9-11)16(20)13-7-4-8-14(21-2)15(13)17/h3-9,19H,10,17H2,1-2H3. The van der Waals surface area contributed by atoms with Crippen LogP contribution in [0.15, 0.2) is 42.5 Å². The van der Waals surface area contributed by atoms with E-state index in [1.54, 1.807) is 48.3 Å². The van der Waals surface area contributed by atoms with Crippen molar-refractivity contribution < 1.29 is 14.6 Å². The summed E-state index contributed by atoms with van der Waals surface area (Å²) < 4.78 is 5.12. The maximum absolute atomic E-state index is 12.5. The number of hydrogen-bond acceptors (Lipinski definition) is 4. The van der Waals surface area contributed by atoms with Gasteiger partial charge in [0.2, 0.25) is 0 Å². The number of phenols is 1. The van der Waals surface area contributed by atoms with Crippen LogP contribution in [0.3, 0.4) is 0 Å². The second-order valence-electron chi connectivity index (χ2n) is 4.75. The van der Waals surface area contributed by atoms with Gasteiger partial charge in [-0.2, -0.15) is 0 Å². The van der Waals surface area contributed by atoms with Crippen molar-refractivity contribution in [3.8, 4) is 11.5 Å². The number of carbonyl (C=O) groups excluding carboxylic acids is 1. The highest BCUT2D eigenvalue weighted by Crippen LogP contribution is 2.26. The van der Waals surface area contributed by atoms with Crippen LogP contribution >= 0.6 is 0 Å². The lowest BCUT2D eigenvalue weighted by molar-refractivity contribution is 0.0785. The fourth-order valence-corrected chi connectivity index (χ4v) is 2.11. The minimum atomic E-state index is -0.199. The zero-order chi connectivity index (χ0) is 15.4. The van der Waals surface area contributed by atoms with Crippen LogP contribution in [0.1, 0.15) is 15.9 Å². The van der Waals surface area contributed by atoms with Crippen LogP contribution in [0.4, 0.5) is 5.69 Å². The molecule has 0 saturated carbocycles. The van der Waals surface area contributed by atoms with E-state index >= 15 is 0 Å². The van der Waals surface area contributed by atoms with E-state index in [9.17, 15) is 9.90 Å². The van der Waals surface area contributed by atoms with Crippen LogP contribution in [0.25, 0.3) is 0 Å². The van der Waals surface area contributed by atoms with Crippen molar-refractivity contribution in [2.24, 2.45) is 0 Å². The summed E-state index contributed by atoms with van der Waals surface area (Å²) in [6, 6.07) is 11.9. The molecule has 0 heterocycles. The fourth-order valence-electron chi connectivity index (χ4n) is 2.11. The number of methoxy groups -OCH3 is 1. The summed E-state index contributed by atoms with van der Waals surface area (Å²) in [6.45, 7) is 0.379. The number of ether oxygens (including phenoxy) is 1. The molecular formula is C16H18N2O3. The summed E-state index contributed by atoms with van der Waals surface area (Å²) in [5.74, 6) is 0.454. The highest BCUT2D eigenvalue weighted by Gasteiger charge is 2.17. The number of hydrogen-bond donors (Lipinski definition) is 2. The summed E-state index contributed by atoms with van der Waals surface area (Å²) in [5.41, 5.74) is 7.50. The minimum Gasteiger partial charge on any atom is -0.508 e. The van der Waals surface area contributed by atoms with Crippen LogP contribution < -0.4 is 10.5 Å². The zero-order valence-corrected chi connectivity index (χ0v) is 12.0. The first-order chi connectivity index (χ1) is 10.0. The van der Waals surface area contributed by atoms with E-state index in [-0.39, 0.29) is 11.7 Å². The fraction of sp³-hybridized carbons (Fsp3) is 0.188. The Kier molecular flexibility index (Phi) is 4.33. The van der Waals surface area contributed by atoms with Gasteiger partial charge in [0.25, 0.3) is 5.91 Å². The number of rotatable bonds is 4. The summed E-state index contributed by atoms with van der Waals surface area (Å²) >= 11 is 0. The molecule has 0 saturated heterocycles. The molecule has 0 aliphatic carbocycles. The van der Waals surface area contributed by atoms with Gasteiger partial charge in [0.15, 0.2) is 0 Å². The van der Waals surface area contributed by atoms with Crippen LogP contribution in [0.2, 0.25) is 0 Å². The van der Waals surface area contributed by atoms with E-state index in [1.165, 1.54) is 7.11 Å². The molecule has 3 N–H and O–H groups in total. The molecular weight excluding hydrogens is 268 g/mol. The maximum atomic E-state index is 12.5. The summed E-state index contributed by atoms with van der Waals surface area (Å²) in [4.78, 5) is 14.0. The topological polar surface area (TPSA) is 75.8 Å². The summed E-state index contributed by atoms with van der Waals surface area (Å²) in [7, 11) is 3.20. The predicted octanol–water partition coefficient (Wildman–Crippen LogP) is 2.26. The molecule has 21 heavy (non-hydrogen) atoms. The Bertz CT molecular complexity index is 656. The third-order valence-electron chi connectivity index (χ3n) is 3.19. The van der Waals surface area contributed by atoms with E-state index in [0.717, 1.165) is 5.56 Å². The van der Waals surface area contributed by atoms with Gasteiger partial charge < -0.3 is 20.5 Å². The highest BCUT2D eigenvalue weighted by atomic mass is 16.5. The SMILES string of the molecule is COc1cccc(C(=O)N(C)Cc2cccc(O)c2)c1N. The first kappa shape index (κ1) is 14.7. The number of benzene rings is 2. The minimum absolute atomic E-state index is 0.175. The second kappa shape index (κ2) is 6.17. The number of amides is 1. The third-order valence-corrected chi connectivity index (χ3v) is 3.19. The quantitative estimate of drug-likeness (QED) is 0.845. The predicted molar refractivity (Wildman–Crippen MR) is 81.3 cm³/mol. The number of para-hydroxylation sites is 1. The Morgan fingerprint density at radius 3 is 2.67 bits per heavy atom. The molecule has 0 aliphatic heterocycles. The number of nitrogens with zero attached hydrogens (tertiary/aromatic N) is 1. The van der Waals surface area contributed by atoms with Gasteiger partial charge in [0.05, 0.1) is 18.4 Å². The molecule has 0 spiro atoms. The van der Waals surface area contributed by atoms with Gasteiger partial charge in [0, 0.05) is 13.6 Å². The molecule has 5 nitrogen and oxygen atoms in total. The molecule has 0 aromatic heterocycles. The molecule has 2 aromatic rings. The van der Waals surface area contributed by atoms with Crippen LogP contribution in [0, 0.1) is 0 Å². The third kappa shape index (κ3) is 3.25. The Morgan fingerprint density at radius 1 is 1.29 bits per heavy atom. The average Bonchev–Trinajstić information content (AvgIpc) is 2.47. The normalized spacial score (nSPS) is 10.2. The molecule has 0 bridgehead atoms. The van der Waals surface area contributed by atoms with Gasteiger partial charge in [0.1, 0.15) is 11.5 Å². The number of anilines is 1. The molecule has 0 atom stereocenters. The smallest absolute Gasteiger partial charge is 0.256 e. The molecule has 0 unspecified atom stereocenters. The van der Waals surface area contributed by atoms with Crippen molar-refractivity contribution in [2.45, 2.75) is 6.54 Å². The molecule has 2 aromatic carbocycles. The van der Waals surface area contributed by atoms with Crippen LogP contribution in [-0.4, -0.2) is 30.1 Å². The number of aromatic hydroxyl groups is 1. The largest absolute Gasteiger partial charge is 0.508 e. The number of carbonyl (C=O) groups is 1. The number of nitrogens with two attached hydrogens (primary N) is 1. The van der Waals surface area contributed by atoms with Gasteiger partial charge in [-0.1, -0.05) is 18.2 Å². The molecule has 110 valence electrons. The Morgan fingerprint density at radius 2 is 2.00 bits per heavy atom. The van der Waals surface area contributed by atoms with Crippen molar-refractivity contribution in [3.05, 3.63) is 53.6 Å². The first-order valence-corrected chi connectivity index (χ1v) is 6.48. The lowest BCUT2D eigenvalue weighted by Crippen LogP contribution is -2.27. The van der Waals surface area contributed by atoms with E-state index in [4.69, 9.17) is 10.5 Å². The van der Waals surface area contributed by atoms with E-state index in [1.807, 2.05) is 6.07 Å². The molecule has 0 aliphatic rings. The molecule has 1 amide bonds. The lowest BCUT2D eigenvalue weighted by Gasteiger charge is -2.19. The summed E-state index contributed by atoms with van der Waals surface area (Å²) in [6.07, 6.45) is 0. The van der Waals surface area contributed by atoms with Crippen molar-refractivity contribution in [1.29, 1.82) is 0 Å². The van der Waals surface area contributed by atoms with Crippen LogP contribution in [0.5, 0.6) is 11.5 Å². The van der Waals surface area contributed by atoms with Gasteiger partial charge in [-0.15, -0.1) is 0 Å². The van der Waals surface area contributed by atoms with Gasteiger partial charge >= 0.3 is 0 Å². The monoisotopic (exact) mass is 286 g/mol. The first-order valence-electron chi connectivity index (χ1n) is 6.48. The van der Waals surface area contributed by atoms with E-state index in [2.05, 4.69) is 0 Å². The van der Waals surface area contributed by atoms with Crippen LogP contribution in [-0.2, 0) is 6.54 Å². The second-order valence-corrected chi connectivity index (χ2v) is 4.75. The molecule has 2 rings (SSSR count). The van der Waals surface area contributed by atoms with Crippen molar-refractivity contribution >= 4 is 11.6 Å². The Hall–Kier alpha value is -2.69. The lowest BCUT2D eigenvalue weighted by atomic mass is 10.1. The van der Waals surface area contributed by atoms with E-state index in [0.29, 0.717) is 23.5 Å². The van der Waals surface area contributed by atoms with E-state index < -0.39 is 0 Å². The van der Waals surface area contributed by atoms with Crippen molar-refractivity contribution in [2.75, 3.05) is 19.9 Å². The molecule has 0 fully saturated rings. The number of nitrogen functional groups attached to an aromatic ring is 1. The molecule has 0 radical (unpaired) electrons. The van der Waals surface area contributed by atoms with Crippen molar-refractivity contribution in [1.82, 2.24) is 4.90 Å². The average molecular weight is 286 g/mol. The summed E-state index contributed by atoms with van der Waals surface area (Å²) in [5, 5.41) is 9.45. The highest BCUT2D eigenvalue weighted by molar-refractivity contribution is 6.00. The van der Waals surface area contributed by atoms with Gasteiger partial charge in [-0.25, -0.2) is 0 Å². The van der Waals surface area contributed by atoms with Gasteiger partial charge in [-0.05, 0) is 29.8 Å². The molecule has 5 heteroatoms. The Labute approximate surface area is 123 Å². The number of phenolic OH excluding ortho intramolecular Hbond substituents is 1. The zero-order valence-electron chi connectivity index (χ0n) is 12.0.